The zero-order chi connectivity index (χ0) is 32.9. The van der Waals surface area contributed by atoms with Gasteiger partial charge in [-0.3, -0.25) is 4.98 Å². The van der Waals surface area contributed by atoms with Crippen LogP contribution in [-0.2, 0) is 9.47 Å². The Kier molecular flexibility index (Phi) is 13.8. The number of carbonyl (C=O) groups is 2. The third kappa shape index (κ3) is 13.1. The minimum absolute atomic E-state index is 0.312. The molecule has 4 aromatic rings. The standard InChI is InChI=1S/C17H19NO2.C11H14BO4.C6H6BrN/c1-12-7-6-10-18-15(12)13-8-5-9-14(11-13)16(19)20-17(2,3)4;1-11(2,3)15-10(13)8-5-4-6-9(7-8)16-12-14;1-5-3-2-4-8-6(5)7/h5-11H,1-4H3;4-7,14H,1-3H3;2-4H,1H3. The van der Waals surface area contributed by atoms with E-state index in [9.17, 15) is 9.59 Å². The lowest BCUT2D eigenvalue weighted by Crippen LogP contribution is -2.23. The summed E-state index contributed by atoms with van der Waals surface area (Å²) in [6, 6.07) is 21.6. The molecule has 0 atom stereocenters. The first-order valence-electron chi connectivity index (χ1n) is 13.9. The Hall–Kier alpha value is -4.02. The summed E-state index contributed by atoms with van der Waals surface area (Å²) < 4.78 is 16.3. The quantitative estimate of drug-likeness (QED) is 0.132. The molecule has 1 radical (unpaired) electrons. The lowest BCUT2D eigenvalue weighted by Gasteiger charge is -2.19. The van der Waals surface area contributed by atoms with E-state index in [4.69, 9.17) is 19.2 Å². The summed E-state index contributed by atoms with van der Waals surface area (Å²) in [5.41, 5.74) is 3.97. The number of pyridine rings is 2. The van der Waals surface area contributed by atoms with Crippen molar-refractivity contribution in [2.75, 3.05) is 0 Å². The van der Waals surface area contributed by atoms with E-state index in [2.05, 4.69) is 25.9 Å². The lowest BCUT2D eigenvalue weighted by molar-refractivity contribution is 0.00569. The first-order chi connectivity index (χ1) is 20.6. The summed E-state index contributed by atoms with van der Waals surface area (Å²) in [4.78, 5) is 32.1. The largest absolute Gasteiger partial charge is 0.569 e. The molecule has 1 N–H and O–H groups in total. The Bertz CT molecular complexity index is 1510. The van der Waals surface area contributed by atoms with Gasteiger partial charge < -0.3 is 19.2 Å². The van der Waals surface area contributed by atoms with Crippen LogP contribution in [0.1, 0.15) is 73.4 Å². The molecule has 2 aromatic carbocycles. The molecule has 2 heterocycles. The average Bonchev–Trinajstić information content (AvgIpc) is 2.94. The maximum atomic E-state index is 12.1. The van der Waals surface area contributed by atoms with Crippen molar-refractivity contribution in [1.82, 2.24) is 9.97 Å². The second-order valence-electron chi connectivity index (χ2n) is 11.6. The summed E-state index contributed by atoms with van der Waals surface area (Å²) in [5, 5.41) is 8.47. The normalized spacial score (nSPS) is 10.7. The predicted molar refractivity (Wildman–Crippen MR) is 176 cm³/mol. The summed E-state index contributed by atoms with van der Waals surface area (Å²) in [6.07, 6.45) is 3.51. The molecule has 231 valence electrons. The highest BCUT2D eigenvalue weighted by atomic mass is 79.9. The van der Waals surface area contributed by atoms with Crippen LogP contribution in [0.3, 0.4) is 0 Å². The van der Waals surface area contributed by atoms with Crippen LogP contribution >= 0.6 is 15.9 Å². The zero-order valence-electron chi connectivity index (χ0n) is 26.4. The van der Waals surface area contributed by atoms with Gasteiger partial charge in [0.2, 0.25) is 0 Å². The van der Waals surface area contributed by atoms with Gasteiger partial charge in [0.25, 0.3) is 0 Å². The smallest absolute Gasteiger partial charge is 0.537 e. The van der Waals surface area contributed by atoms with E-state index in [1.54, 1.807) is 57.4 Å². The number of esters is 2. The van der Waals surface area contributed by atoms with Crippen molar-refractivity contribution in [1.29, 1.82) is 0 Å². The minimum Gasteiger partial charge on any atom is -0.537 e. The molecule has 10 heteroatoms. The number of halogens is 1. The van der Waals surface area contributed by atoms with Gasteiger partial charge >= 0.3 is 19.6 Å². The molecule has 0 aliphatic heterocycles. The highest BCUT2D eigenvalue weighted by Gasteiger charge is 2.19. The second-order valence-corrected chi connectivity index (χ2v) is 12.4. The molecule has 0 unspecified atom stereocenters. The molecule has 0 saturated carbocycles. The van der Waals surface area contributed by atoms with Crippen LogP contribution in [0.5, 0.6) is 5.75 Å². The number of aromatic nitrogens is 2. The number of nitrogens with zero attached hydrogens (tertiary/aromatic N) is 2. The molecular weight excluding hydrogens is 623 g/mol. The van der Waals surface area contributed by atoms with Gasteiger partial charge in [-0.15, -0.1) is 0 Å². The molecule has 8 nitrogen and oxygen atoms in total. The van der Waals surface area contributed by atoms with E-state index in [1.165, 1.54) is 11.6 Å². The molecule has 2 aromatic heterocycles. The fraction of sp³-hybridized carbons (Fsp3) is 0.294. The molecule has 0 aliphatic rings. The van der Waals surface area contributed by atoms with Gasteiger partial charge in [0.1, 0.15) is 21.6 Å². The van der Waals surface area contributed by atoms with E-state index < -0.39 is 17.2 Å². The number of hydrogen-bond acceptors (Lipinski definition) is 8. The Labute approximate surface area is 269 Å². The van der Waals surface area contributed by atoms with Gasteiger partial charge in [-0.1, -0.05) is 30.3 Å². The third-order valence-electron chi connectivity index (χ3n) is 5.38. The molecule has 0 saturated heterocycles. The highest BCUT2D eigenvalue weighted by molar-refractivity contribution is 9.10. The van der Waals surface area contributed by atoms with E-state index in [-0.39, 0.29) is 5.97 Å². The molecule has 0 spiro atoms. The molecule has 4 rings (SSSR count). The zero-order valence-corrected chi connectivity index (χ0v) is 28.0. The van der Waals surface area contributed by atoms with Crippen molar-refractivity contribution < 1.29 is 28.7 Å². The van der Waals surface area contributed by atoms with Crippen LogP contribution in [0.25, 0.3) is 11.3 Å². The molecule has 0 amide bonds. The van der Waals surface area contributed by atoms with Gasteiger partial charge in [-0.25, -0.2) is 14.6 Å². The summed E-state index contributed by atoms with van der Waals surface area (Å²) in [6.45, 7) is 15.0. The maximum Gasteiger partial charge on any atom is 0.569 e. The Morgan fingerprint density at radius 3 is 1.73 bits per heavy atom. The van der Waals surface area contributed by atoms with E-state index in [0.717, 1.165) is 21.4 Å². The SMILES string of the molecule is CC(C)(C)OC(=O)c1cccc(O[B]O)c1.Cc1cccnc1-c1cccc(C(=O)OC(C)(C)C)c1.Cc1cccnc1Br. The van der Waals surface area contributed by atoms with Crippen molar-refractivity contribution in [3.05, 3.63) is 112 Å². The lowest BCUT2D eigenvalue weighted by atomic mass is 10.0. The number of carbonyl (C=O) groups excluding carboxylic acids is 2. The summed E-state index contributed by atoms with van der Waals surface area (Å²) >= 11 is 3.28. The fourth-order valence-corrected chi connectivity index (χ4v) is 3.73. The first-order valence-corrected chi connectivity index (χ1v) is 14.7. The van der Waals surface area contributed by atoms with Crippen LogP contribution < -0.4 is 4.65 Å². The van der Waals surface area contributed by atoms with Gasteiger partial charge in [0, 0.05) is 18.0 Å². The van der Waals surface area contributed by atoms with Crippen LogP contribution in [0.4, 0.5) is 0 Å². The van der Waals surface area contributed by atoms with Gasteiger partial charge in [-0.05, 0) is 125 Å². The fourth-order valence-electron chi connectivity index (χ4n) is 3.48. The van der Waals surface area contributed by atoms with E-state index in [1.807, 2.05) is 77.1 Å². The van der Waals surface area contributed by atoms with Gasteiger partial charge in [-0.2, -0.15) is 0 Å². The molecular formula is C34H39BBrN2O6. The second kappa shape index (κ2) is 16.7. The average molecular weight is 662 g/mol. The van der Waals surface area contributed by atoms with Crippen molar-refractivity contribution in [2.24, 2.45) is 0 Å². The number of benzene rings is 2. The van der Waals surface area contributed by atoms with Crippen molar-refractivity contribution in [2.45, 2.75) is 66.6 Å². The number of aryl methyl sites for hydroxylation is 2. The Balaban J connectivity index is 0.000000250. The molecule has 0 fully saturated rings. The predicted octanol–water partition coefficient (Wildman–Crippen LogP) is 7.71. The highest BCUT2D eigenvalue weighted by Crippen LogP contribution is 2.23. The van der Waals surface area contributed by atoms with Crippen molar-refractivity contribution in [3.8, 4) is 17.0 Å². The molecule has 44 heavy (non-hydrogen) atoms. The van der Waals surface area contributed by atoms with Gasteiger partial charge in [0.15, 0.2) is 0 Å². The van der Waals surface area contributed by atoms with Crippen LogP contribution in [0.15, 0.2) is 89.8 Å². The topological polar surface area (TPSA) is 108 Å². The van der Waals surface area contributed by atoms with Gasteiger partial charge in [0.05, 0.1) is 16.8 Å². The van der Waals surface area contributed by atoms with E-state index in [0.29, 0.717) is 24.6 Å². The van der Waals surface area contributed by atoms with Crippen LogP contribution in [-0.4, -0.2) is 45.8 Å². The maximum absolute atomic E-state index is 12.1. The number of ether oxygens (including phenoxy) is 2. The Morgan fingerprint density at radius 1 is 0.727 bits per heavy atom. The van der Waals surface area contributed by atoms with Crippen LogP contribution in [0, 0.1) is 13.8 Å². The summed E-state index contributed by atoms with van der Waals surface area (Å²) in [7, 11) is 0.564. The molecule has 0 bridgehead atoms. The number of rotatable bonds is 5. The minimum atomic E-state index is -0.531. The van der Waals surface area contributed by atoms with Crippen LogP contribution in [0.2, 0.25) is 0 Å². The third-order valence-corrected chi connectivity index (χ3v) is 6.21. The number of hydrogen-bond donors (Lipinski definition) is 1. The monoisotopic (exact) mass is 661 g/mol. The molecule has 0 aliphatic carbocycles. The van der Waals surface area contributed by atoms with Crippen molar-refractivity contribution >= 4 is 35.6 Å². The Morgan fingerprint density at radius 2 is 1.25 bits per heavy atom. The first kappa shape index (κ1) is 36.2. The summed E-state index contributed by atoms with van der Waals surface area (Å²) in [5.74, 6) is -0.352. The van der Waals surface area contributed by atoms with E-state index >= 15 is 0 Å². The van der Waals surface area contributed by atoms with Crippen molar-refractivity contribution in [3.63, 3.8) is 0 Å².